The molecule has 7 nitrogen and oxygen atoms in total. The fourth-order valence-electron chi connectivity index (χ4n) is 3.13. The standard InChI is InChI=1S/C18H19N5O2/c1-12-17(18(25)22(9-10-24)14-5-6-14)20-21-23(12)16-4-2-3-13-11-19-8-7-15(13)16/h2-4,7-8,11,14,24H,5-6,9-10H2,1H3. The minimum Gasteiger partial charge on any atom is -0.395 e. The van der Waals surface area contributed by atoms with Crippen molar-refractivity contribution < 1.29 is 9.90 Å². The lowest BCUT2D eigenvalue weighted by Crippen LogP contribution is -2.36. The number of aliphatic hydroxyl groups excluding tert-OH is 1. The Hall–Kier alpha value is -2.80. The summed E-state index contributed by atoms with van der Waals surface area (Å²) < 4.78 is 1.69. The van der Waals surface area contributed by atoms with Gasteiger partial charge in [-0.25, -0.2) is 4.68 Å². The highest BCUT2D eigenvalue weighted by molar-refractivity contribution is 5.94. The molecule has 1 N–H and O–H groups in total. The fourth-order valence-corrected chi connectivity index (χ4v) is 3.13. The van der Waals surface area contributed by atoms with E-state index in [1.165, 1.54) is 0 Å². The second-order valence-electron chi connectivity index (χ2n) is 6.26. The molecule has 128 valence electrons. The van der Waals surface area contributed by atoms with Gasteiger partial charge in [0, 0.05) is 35.8 Å². The third-order valence-electron chi connectivity index (χ3n) is 4.57. The van der Waals surface area contributed by atoms with Crippen LogP contribution in [0.2, 0.25) is 0 Å². The molecule has 0 unspecified atom stereocenters. The number of aromatic nitrogens is 4. The minimum absolute atomic E-state index is 0.0499. The van der Waals surface area contributed by atoms with Crippen molar-refractivity contribution in [3.63, 3.8) is 0 Å². The molecule has 1 amide bonds. The third kappa shape index (κ3) is 2.76. The van der Waals surface area contributed by atoms with Gasteiger partial charge in [0.15, 0.2) is 5.69 Å². The molecule has 2 aromatic heterocycles. The average molecular weight is 337 g/mol. The Morgan fingerprint density at radius 2 is 2.20 bits per heavy atom. The van der Waals surface area contributed by atoms with E-state index in [-0.39, 0.29) is 18.6 Å². The van der Waals surface area contributed by atoms with E-state index in [1.54, 1.807) is 22.0 Å². The Morgan fingerprint density at radius 1 is 1.36 bits per heavy atom. The van der Waals surface area contributed by atoms with Crippen molar-refractivity contribution in [3.8, 4) is 5.69 Å². The summed E-state index contributed by atoms with van der Waals surface area (Å²) in [6.45, 7) is 2.12. The van der Waals surface area contributed by atoms with Crippen molar-refractivity contribution in [2.45, 2.75) is 25.8 Å². The molecule has 4 rings (SSSR count). The minimum atomic E-state index is -0.165. The molecular weight excluding hydrogens is 318 g/mol. The zero-order valence-electron chi connectivity index (χ0n) is 14.0. The van der Waals surface area contributed by atoms with Crippen LogP contribution in [0, 0.1) is 6.92 Å². The summed E-state index contributed by atoms with van der Waals surface area (Å²) >= 11 is 0. The summed E-state index contributed by atoms with van der Waals surface area (Å²) in [5.41, 5.74) is 1.90. The highest BCUT2D eigenvalue weighted by Crippen LogP contribution is 2.29. The van der Waals surface area contributed by atoms with Crippen LogP contribution in [0.4, 0.5) is 0 Å². The van der Waals surface area contributed by atoms with E-state index in [9.17, 15) is 9.90 Å². The lowest BCUT2D eigenvalue weighted by molar-refractivity contribution is 0.0701. The number of carbonyl (C=O) groups is 1. The number of hydrogen-bond donors (Lipinski definition) is 1. The number of nitrogens with zero attached hydrogens (tertiary/aromatic N) is 5. The predicted octanol–water partition coefficient (Wildman–Crippen LogP) is 1.72. The molecule has 0 aliphatic heterocycles. The van der Waals surface area contributed by atoms with Crippen molar-refractivity contribution in [2.24, 2.45) is 0 Å². The van der Waals surface area contributed by atoms with Crippen LogP contribution in [-0.4, -0.2) is 55.1 Å². The van der Waals surface area contributed by atoms with Gasteiger partial charge in [0.05, 0.1) is 18.0 Å². The number of aliphatic hydroxyl groups is 1. The molecular formula is C18H19N5O2. The van der Waals surface area contributed by atoms with E-state index >= 15 is 0 Å². The smallest absolute Gasteiger partial charge is 0.276 e. The molecule has 0 bridgehead atoms. The molecule has 0 spiro atoms. The van der Waals surface area contributed by atoms with E-state index in [0.29, 0.717) is 17.9 Å². The van der Waals surface area contributed by atoms with Gasteiger partial charge in [-0.2, -0.15) is 0 Å². The van der Waals surface area contributed by atoms with Crippen molar-refractivity contribution in [1.29, 1.82) is 0 Å². The zero-order valence-corrected chi connectivity index (χ0v) is 14.0. The molecule has 1 aliphatic rings. The van der Waals surface area contributed by atoms with Crippen LogP contribution in [-0.2, 0) is 0 Å². The summed E-state index contributed by atoms with van der Waals surface area (Å²) in [4.78, 5) is 18.7. The summed E-state index contributed by atoms with van der Waals surface area (Å²) in [6.07, 6.45) is 5.50. The lowest BCUT2D eigenvalue weighted by atomic mass is 10.1. The number of benzene rings is 1. The lowest BCUT2D eigenvalue weighted by Gasteiger charge is -2.20. The zero-order chi connectivity index (χ0) is 17.4. The number of hydrogen-bond acceptors (Lipinski definition) is 5. The number of carbonyl (C=O) groups excluding carboxylic acids is 1. The first-order valence-electron chi connectivity index (χ1n) is 8.38. The van der Waals surface area contributed by atoms with Crippen LogP contribution in [0.15, 0.2) is 36.7 Å². The molecule has 1 aromatic carbocycles. The van der Waals surface area contributed by atoms with E-state index in [2.05, 4.69) is 15.3 Å². The Kier molecular flexibility index (Phi) is 3.93. The topological polar surface area (TPSA) is 84.1 Å². The van der Waals surface area contributed by atoms with Crippen LogP contribution in [0.3, 0.4) is 0 Å². The monoisotopic (exact) mass is 337 g/mol. The third-order valence-corrected chi connectivity index (χ3v) is 4.57. The molecule has 7 heteroatoms. The molecule has 25 heavy (non-hydrogen) atoms. The van der Waals surface area contributed by atoms with E-state index in [1.807, 2.05) is 31.2 Å². The van der Waals surface area contributed by atoms with Gasteiger partial charge in [-0.05, 0) is 31.9 Å². The van der Waals surface area contributed by atoms with Crippen molar-refractivity contribution in [3.05, 3.63) is 48.0 Å². The first-order valence-corrected chi connectivity index (χ1v) is 8.38. The number of amides is 1. The maximum Gasteiger partial charge on any atom is 0.276 e. The predicted molar refractivity (Wildman–Crippen MR) is 92.5 cm³/mol. The maximum absolute atomic E-state index is 12.8. The SMILES string of the molecule is Cc1c(C(=O)N(CCO)C2CC2)nnn1-c1cccc2cnccc12. The summed E-state index contributed by atoms with van der Waals surface area (Å²) in [5, 5.41) is 19.6. The van der Waals surface area contributed by atoms with Gasteiger partial charge in [0.2, 0.25) is 0 Å². The normalized spacial score (nSPS) is 14.0. The molecule has 1 aliphatic carbocycles. The Morgan fingerprint density at radius 3 is 2.96 bits per heavy atom. The van der Waals surface area contributed by atoms with Crippen molar-refractivity contribution in [2.75, 3.05) is 13.2 Å². The quantitative estimate of drug-likeness (QED) is 0.766. The maximum atomic E-state index is 12.8. The van der Waals surface area contributed by atoms with Gasteiger partial charge in [-0.1, -0.05) is 17.3 Å². The van der Waals surface area contributed by atoms with Crippen molar-refractivity contribution in [1.82, 2.24) is 24.9 Å². The van der Waals surface area contributed by atoms with Gasteiger partial charge in [-0.3, -0.25) is 9.78 Å². The Labute approximate surface area is 144 Å². The molecule has 3 aromatic rings. The van der Waals surface area contributed by atoms with Crippen LogP contribution in [0.1, 0.15) is 29.0 Å². The Bertz CT molecular complexity index is 927. The van der Waals surface area contributed by atoms with E-state index < -0.39 is 0 Å². The second kappa shape index (κ2) is 6.25. The fraction of sp³-hybridized carbons (Fsp3) is 0.333. The Balaban J connectivity index is 1.75. The largest absolute Gasteiger partial charge is 0.395 e. The van der Waals surface area contributed by atoms with Gasteiger partial charge < -0.3 is 10.0 Å². The van der Waals surface area contributed by atoms with Gasteiger partial charge in [-0.15, -0.1) is 5.10 Å². The molecule has 0 saturated heterocycles. The first kappa shape index (κ1) is 15.7. The number of rotatable bonds is 5. The van der Waals surface area contributed by atoms with Crippen LogP contribution in [0.25, 0.3) is 16.5 Å². The number of fused-ring (bicyclic) bond motifs is 1. The van der Waals surface area contributed by atoms with Crippen LogP contribution >= 0.6 is 0 Å². The highest BCUT2D eigenvalue weighted by atomic mass is 16.3. The summed E-state index contributed by atoms with van der Waals surface area (Å²) in [5.74, 6) is -0.165. The van der Waals surface area contributed by atoms with E-state index in [4.69, 9.17) is 0 Å². The molecule has 2 heterocycles. The molecule has 1 fully saturated rings. The summed E-state index contributed by atoms with van der Waals surface area (Å²) in [6, 6.07) is 8.01. The summed E-state index contributed by atoms with van der Waals surface area (Å²) in [7, 11) is 0. The molecule has 0 atom stereocenters. The van der Waals surface area contributed by atoms with Gasteiger partial charge in [0.25, 0.3) is 5.91 Å². The molecule has 1 saturated carbocycles. The van der Waals surface area contributed by atoms with Gasteiger partial charge >= 0.3 is 0 Å². The first-order chi connectivity index (χ1) is 12.2. The highest BCUT2D eigenvalue weighted by Gasteiger charge is 2.34. The van der Waals surface area contributed by atoms with Crippen LogP contribution in [0.5, 0.6) is 0 Å². The second-order valence-corrected chi connectivity index (χ2v) is 6.26. The van der Waals surface area contributed by atoms with E-state index in [0.717, 1.165) is 29.3 Å². The molecule has 0 radical (unpaired) electrons. The van der Waals surface area contributed by atoms with Gasteiger partial charge in [0.1, 0.15) is 0 Å². The van der Waals surface area contributed by atoms with Crippen LogP contribution < -0.4 is 0 Å². The van der Waals surface area contributed by atoms with Crippen molar-refractivity contribution >= 4 is 16.7 Å². The average Bonchev–Trinajstić information content (AvgIpc) is 3.41. The number of pyridine rings is 1.